The lowest BCUT2D eigenvalue weighted by Crippen LogP contribution is -2.19. The number of rotatable bonds is 2. The van der Waals surface area contributed by atoms with Crippen molar-refractivity contribution in [2.45, 2.75) is 13.5 Å². The Morgan fingerprint density at radius 3 is 2.68 bits per heavy atom. The van der Waals surface area contributed by atoms with Gasteiger partial charge in [-0.2, -0.15) is 5.10 Å². The predicted molar refractivity (Wildman–Crippen MR) is 68.8 cm³/mol. The van der Waals surface area contributed by atoms with Crippen LogP contribution in [0.4, 0.5) is 4.39 Å². The van der Waals surface area contributed by atoms with Crippen molar-refractivity contribution in [1.82, 2.24) is 19.3 Å². The maximum Gasteiger partial charge on any atom is 0.264 e. The minimum atomic E-state index is -0.318. The van der Waals surface area contributed by atoms with Crippen LogP contribution in [0.15, 0.2) is 41.6 Å². The smallest absolute Gasteiger partial charge is 0.264 e. The molecule has 1 aromatic carbocycles. The van der Waals surface area contributed by atoms with Gasteiger partial charge in [-0.3, -0.25) is 9.36 Å². The van der Waals surface area contributed by atoms with Gasteiger partial charge in [-0.1, -0.05) is 0 Å². The summed E-state index contributed by atoms with van der Waals surface area (Å²) < 4.78 is 15.9. The largest absolute Gasteiger partial charge is 0.299 e. The van der Waals surface area contributed by atoms with E-state index in [1.165, 1.54) is 33.9 Å². The van der Waals surface area contributed by atoms with Gasteiger partial charge in [0.25, 0.3) is 5.56 Å². The summed E-state index contributed by atoms with van der Waals surface area (Å²) in [6.45, 7) is 2.43. The molecule has 3 aromatic rings. The number of hydrogen-bond acceptors (Lipinski definition) is 3. The molecule has 0 atom stereocenters. The molecule has 0 aliphatic rings. The van der Waals surface area contributed by atoms with Crippen molar-refractivity contribution >= 4 is 11.0 Å². The molecule has 2 heterocycles. The maximum absolute atomic E-state index is 12.9. The molecule has 0 aliphatic heterocycles. The molecule has 6 heteroatoms. The zero-order chi connectivity index (χ0) is 13.4. The van der Waals surface area contributed by atoms with Gasteiger partial charge in [0.15, 0.2) is 5.65 Å². The van der Waals surface area contributed by atoms with Gasteiger partial charge in [0, 0.05) is 6.54 Å². The molecule has 96 valence electrons. The number of fused-ring (bicyclic) bond motifs is 1. The van der Waals surface area contributed by atoms with E-state index in [0.29, 0.717) is 23.3 Å². The quantitative estimate of drug-likeness (QED) is 0.703. The van der Waals surface area contributed by atoms with Crippen molar-refractivity contribution in [2.75, 3.05) is 0 Å². The summed E-state index contributed by atoms with van der Waals surface area (Å²) in [5.74, 6) is -0.318. The number of halogens is 1. The van der Waals surface area contributed by atoms with Gasteiger partial charge in [-0.25, -0.2) is 14.1 Å². The van der Waals surface area contributed by atoms with Gasteiger partial charge >= 0.3 is 0 Å². The van der Waals surface area contributed by atoms with Crippen LogP contribution in [-0.2, 0) is 6.54 Å². The van der Waals surface area contributed by atoms with E-state index in [-0.39, 0.29) is 11.4 Å². The minimum Gasteiger partial charge on any atom is -0.299 e. The number of nitrogens with zero attached hydrogens (tertiary/aromatic N) is 4. The summed E-state index contributed by atoms with van der Waals surface area (Å²) >= 11 is 0. The molecular formula is C13H11FN4O. The Morgan fingerprint density at radius 1 is 1.26 bits per heavy atom. The predicted octanol–water partition coefficient (Wildman–Crippen LogP) is 1.74. The fourth-order valence-corrected chi connectivity index (χ4v) is 1.95. The lowest BCUT2D eigenvalue weighted by atomic mass is 10.3. The number of benzene rings is 1. The van der Waals surface area contributed by atoms with Gasteiger partial charge < -0.3 is 0 Å². The highest BCUT2D eigenvalue weighted by Crippen LogP contribution is 2.13. The van der Waals surface area contributed by atoms with Gasteiger partial charge in [-0.15, -0.1) is 0 Å². The second-order valence-corrected chi connectivity index (χ2v) is 4.11. The molecule has 0 amide bonds. The first-order valence-corrected chi connectivity index (χ1v) is 5.90. The lowest BCUT2D eigenvalue weighted by Gasteiger charge is -2.03. The second-order valence-electron chi connectivity index (χ2n) is 4.11. The van der Waals surface area contributed by atoms with Gasteiger partial charge in [-0.05, 0) is 31.2 Å². The van der Waals surface area contributed by atoms with Crippen LogP contribution in [-0.4, -0.2) is 19.3 Å². The Balaban J connectivity index is 2.24. The van der Waals surface area contributed by atoms with Crippen LogP contribution in [0.5, 0.6) is 0 Å². The summed E-state index contributed by atoms with van der Waals surface area (Å²) in [5.41, 5.74) is 1.01. The SMILES string of the molecule is CCn1cnc2c(cnn2-c2ccc(F)cc2)c1=O. The summed E-state index contributed by atoms with van der Waals surface area (Å²) in [4.78, 5) is 16.3. The van der Waals surface area contributed by atoms with Gasteiger partial charge in [0.05, 0.1) is 18.2 Å². The molecule has 3 rings (SSSR count). The molecular weight excluding hydrogens is 247 g/mol. The Kier molecular flexibility index (Phi) is 2.63. The van der Waals surface area contributed by atoms with E-state index in [1.54, 1.807) is 12.1 Å². The number of hydrogen-bond donors (Lipinski definition) is 0. The van der Waals surface area contributed by atoms with Crippen LogP contribution in [0, 0.1) is 5.82 Å². The van der Waals surface area contributed by atoms with Crippen LogP contribution in [0.3, 0.4) is 0 Å². The van der Waals surface area contributed by atoms with Crippen LogP contribution in [0.2, 0.25) is 0 Å². The molecule has 0 fully saturated rings. The fourth-order valence-electron chi connectivity index (χ4n) is 1.95. The molecule has 0 saturated heterocycles. The molecule has 0 saturated carbocycles. The van der Waals surface area contributed by atoms with Crippen molar-refractivity contribution in [2.24, 2.45) is 0 Å². The van der Waals surface area contributed by atoms with E-state index in [0.717, 1.165) is 0 Å². The van der Waals surface area contributed by atoms with Crippen molar-refractivity contribution < 1.29 is 4.39 Å². The molecule has 0 radical (unpaired) electrons. The van der Waals surface area contributed by atoms with E-state index >= 15 is 0 Å². The first-order valence-electron chi connectivity index (χ1n) is 5.90. The topological polar surface area (TPSA) is 52.7 Å². The van der Waals surface area contributed by atoms with E-state index in [2.05, 4.69) is 10.1 Å². The summed E-state index contributed by atoms with van der Waals surface area (Å²) in [5, 5.41) is 4.60. The summed E-state index contributed by atoms with van der Waals surface area (Å²) in [6.07, 6.45) is 2.98. The molecule has 0 unspecified atom stereocenters. The molecule has 0 N–H and O–H groups in total. The monoisotopic (exact) mass is 258 g/mol. The van der Waals surface area contributed by atoms with Crippen molar-refractivity contribution in [3.8, 4) is 5.69 Å². The normalized spacial score (nSPS) is 11.1. The number of aromatic nitrogens is 4. The van der Waals surface area contributed by atoms with E-state index in [4.69, 9.17) is 0 Å². The highest BCUT2D eigenvalue weighted by atomic mass is 19.1. The van der Waals surface area contributed by atoms with Crippen LogP contribution >= 0.6 is 0 Å². The summed E-state index contributed by atoms with van der Waals surface area (Å²) in [6, 6.07) is 5.87. The van der Waals surface area contributed by atoms with Gasteiger partial charge in [0.1, 0.15) is 11.2 Å². The van der Waals surface area contributed by atoms with Crippen LogP contribution < -0.4 is 5.56 Å². The molecule has 0 aliphatic carbocycles. The van der Waals surface area contributed by atoms with Crippen molar-refractivity contribution in [1.29, 1.82) is 0 Å². The second kappa shape index (κ2) is 4.31. The van der Waals surface area contributed by atoms with E-state index in [9.17, 15) is 9.18 Å². The zero-order valence-corrected chi connectivity index (χ0v) is 10.2. The zero-order valence-electron chi connectivity index (χ0n) is 10.2. The third-order valence-electron chi connectivity index (χ3n) is 2.97. The Hall–Kier alpha value is -2.50. The van der Waals surface area contributed by atoms with Gasteiger partial charge in [0.2, 0.25) is 0 Å². The summed E-state index contributed by atoms with van der Waals surface area (Å²) in [7, 11) is 0. The van der Waals surface area contributed by atoms with Crippen molar-refractivity contribution in [3.05, 3.63) is 53.0 Å². The standard InChI is InChI=1S/C13H11FN4O/c1-2-17-8-15-12-11(13(17)19)7-16-18(12)10-5-3-9(14)4-6-10/h3-8H,2H2,1H3. The third-order valence-corrected chi connectivity index (χ3v) is 2.97. The first-order chi connectivity index (χ1) is 9.20. The Labute approximate surface area is 107 Å². The molecule has 0 spiro atoms. The fraction of sp³-hybridized carbons (Fsp3) is 0.154. The average Bonchev–Trinajstić information content (AvgIpc) is 2.85. The third kappa shape index (κ3) is 1.81. The Bertz CT molecular complexity index is 789. The highest BCUT2D eigenvalue weighted by Gasteiger charge is 2.10. The molecule has 0 bridgehead atoms. The highest BCUT2D eigenvalue weighted by molar-refractivity contribution is 5.74. The van der Waals surface area contributed by atoms with E-state index in [1.807, 2.05) is 6.92 Å². The van der Waals surface area contributed by atoms with Crippen LogP contribution in [0.25, 0.3) is 16.7 Å². The Morgan fingerprint density at radius 2 is 2.00 bits per heavy atom. The van der Waals surface area contributed by atoms with Crippen molar-refractivity contribution in [3.63, 3.8) is 0 Å². The average molecular weight is 258 g/mol. The lowest BCUT2D eigenvalue weighted by molar-refractivity contribution is 0.627. The maximum atomic E-state index is 12.9. The van der Waals surface area contributed by atoms with Crippen LogP contribution in [0.1, 0.15) is 6.92 Å². The van der Waals surface area contributed by atoms with E-state index < -0.39 is 0 Å². The molecule has 19 heavy (non-hydrogen) atoms. The molecule has 2 aromatic heterocycles. The first kappa shape index (κ1) is 11.6. The number of aryl methyl sites for hydroxylation is 1. The molecule has 5 nitrogen and oxygen atoms in total. The minimum absolute atomic E-state index is 0.124.